The average molecular weight is 291 g/mol. The molecule has 3 nitrogen and oxygen atoms in total. The lowest BCUT2D eigenvalue weighted by Gasteiger charge is -2.23. The summed E-state index contributed by atoms with van der Waals surface area (Å²) in [6, 6.07) is 8.86. The number of hydrogen-bond donors (Lipinski definition) is 0. The molecule has 3 heteroatoms. The molecule has 0 amide bonds. The minimum atomic E-state index is 0.363. The van der Waals surface area contributed by atoms with E-state index < -0.39 is 0 Å². The highest BCUT2D eigenvalue weighted by molar-refractivity contribution is 5.29. The SMILES string of the molecule is CCC(c1ccc(OCOC2CCC(C)C2)cc1)N(C)C. The Morgan fingerprint density at radius 1 is 1.19 bits per heavy atom. The van der Waals surface area contributed by atoms with E-state index >= 15 is 0 Å². The molecule has 0 radical (unpaired) electrons. The van der Waals surface area contributed by atoms with Crippen LogP contribution in [0.5, 0.6) is 5.75 Å². The van der Waals surface area contributed by atoms with Crippen LogP contribution >= 0.6 is 0 Å². The minimum absolute atomic E-state index is 0.363. The van der Waals surface area contributed by atoms with Crippen LogP contribution < -0.4 is 4.74 Å². The normalized spacial score (nSPS) is 23.5. The van der Waals surface area contributed by atoms with E-state index in [-0.39, 0.29) is 0 Å². The van der Waals surface area contributed by atoms with Crippen molar-refractivity contribution in [2.24, 2.45) is 5.92 Å². The first-order valence-electron chi connectivity index (χ1n) is 8.11. The van der Waals surface area contributed by atoms with Crippen LogP contribution in [0.15, 0.2) is 24.3 Å². The molecular weight excluding hydrogens is 262 g/mol. The molecule has 0 saturated heterocycles. The average Bonchev–Trinajstić information content (AvgIpc) is 2.87. The maximum absolute atomic E-state index is 5.78. The second-order valence-corrected chi connectivity index (χ2v) is 6.43. The Kier molecular flexibility index (Phi) is 6.07. The summed E-state index contributed by atoms with van der Waals surface area (Å²) in [4.78, 5) is 2.25. The van der Waals surface area contributed by atoms with Gasteiger partial charge < -0.3 is 14.4 Å². The smallest absolute Gasteiger partial charge is 0.189 e. The second-order valence-electron chi connectivity index (χ2n) is 6.43. The van der Waals surface area contributed by atoms with Crippen LogP contribution in [0.3, 0.4) is 0 Å². The highest BCUT2D eigenvalue weighted by Crippen LogP contribution is 2.27. The summed E-state index contributed by atoms with van der Waals surface area (Å²) in [6.45, 7) is 4.87. The predicted octanol–water partition coefficient (Wildman–Crippen LogP) is 4.24. The minimum Gasteiger partial charge on any atom is -0.468 e. The van der Waals surface area contributed by atoms with Gasteiger partial charge in [-0.05, 0) is 63.4 Å². The molecular formula is C18H29NO2. The molecule has 2 rings (SSSR count). The monoisotopic (exact) mass is 291 g/mol. The second kappa shape index (κ2) is 7.81. The van der Waals surface area contributed by atoms with Gasteiger partial charge in [0.15, 0.2) is 6.79 Å². The molecule has 0 heterocycles. The number of ether oxygens (including phenoxy) is 2. The third kappa shape index (κ3) is 4.72. The van der Waals surface area contributed by atoms with Crippen molar-refractivity contribution in [2.45, 2.75) is 51.7 Å². The van der Waals surface area contributed by atoms with Crippen LogP contribution in [-0.2, 0) is 4.74 Å². The molecule has 0 aromatic heterocycles. The number of rotatable bonds is 7. The van der Waals surface area contributed by atoms with Crippen LogP contribution in [0.2, 0.25) is 0 Å². The maximum Gasteiger partial charge on any atom is 0.189 e. The van der Waals surface area contributed by atoms with Gasteiger partial charge in [-0.3, -0.25) is 0 Å². The lowest BCUT2D eigenvalue weighted by Crippen LogP contribution is -2.19. The van der Waals surface area contributed by atoms with Crippen molar-refractivity contribution in [1.82, 2.24) is 4.90 Å². The van der Waals surface area contributed by atoms with E-state index in [0.717, 1.165) is 18.1 Å². The molecule has 0 aliphatic heterocycles. The molecule has 0 spiro atoms. The van der Waals surface area contributed by atoms with Crippen molar-refractivity contribution in [3.05, 3.63) is 29.8 Å². The van der Waals surface area contributed by atoms with E-state index in [1.54, 1.807) is 0 Å². The third-order valence-corrected chi connectivity index (χ3v) is 4.45. The van der Waals surface area contributed by atoms with Crippen LogP contribution in [-0.4, -0.2) is 31.9 Å². The van der Waals surface area contributed by atoms with Crippen molar-refractivity contribution < 1.29 is 9.47 Å². The molecule has 1 aliphatic rings. The van der Waals surface area contributed by atoms with Gasteiger partial charge in [-0.15, -0.1) is 0 Å². The van der Waals surface area contributed by atoms with E-state index in [1.165, 1.54) is 24.8 Å². The molecule has 0 N–H and O–H groups in total. The first-order chi connectivity index (χ1) is 10.1. The largest absolute Gasteiger partial charge is 0.468 e. The molecule has 1 aliphatic carbocycles. The first kappa shape index (κ1) is 16.3. The third-order valence-electron chi connectivity index (χ3n) is 4.45. The zero-order valence-corrected chi connectivity index (χ0v) is 13.8. The molecule has 118 valence electrons. The molecule has 1 fully saturated rings. The quantitative estimate of drug-likeness (QED) is 0.701. The van der Waals surface area contributed by atoms with E-state index in [9.17, 15) is 0 Å². The lowest BCUT2D eigenvalue weighted by atomic mass is 10.0. The molecule has 1 saturated carbocycles. The molecule has 0 bridgehead atoms. The van der Waals surface area contributed by atoms with Crippen LogP contribution in [0, 0.1) is 5.92 Å². The molecule has 3 atom stereocenters. The van der Waals surface area contributed by atoms with Gasteiger partial charge in [-0.2, -0.15) is 0 Å². The van der Waals surface area contributed by atoms with Gasteiger partial charge in [0.2, 0.25) is 0 Å². The van der Waals surface area contributed by atoms with Gasteiger partial charge >= 0.3 is 0 Å². The van der Waals surface area contributed by atoms with Gasteiger partial charge in [0.1, 0.15) is 5.75 Å². The highest BCUT2D eigenvalue weighted by atomic mass is 16.7. The van der Waals surface area contributed by atoms with Crippen molar-refractivity contribution in [3.63, 3.8) is 0 Å². The van der Waals surface area contributed by atoms with E-state index in [2.05, 4.69) is 45.0 Å². The maximum atomic E-state index is 5.78. The number of benzene rings is 1. The summed E-state index contributed by atoms with van der Waals surface area (Å²) < 4.78 is 11.5. The zero-order chi connectivity index (χ0) is 15.2. The Bertz CT molecular complexity index is 416. The zero-order valence-electron chi connectivity index (χ0n) is 13.8. The van der Waals surface area contributed by atoms with Crippen LogP contribution in [0.25, 0.3) is 0 Å². The van der Waals surface area contributed by atoms with Gasteiger partial charge in [0.25, 0.3) is 0 Å². The van der Waals surface area contributed by atoms with Gasteiger partial charge in [0.05, 0.1) is 6.10 Å². The Balaban J connectivity index is 1.79. The number of nitrogens with zero attached hydrogens (tertiary/aromatic N) is 1. The summed E-state index contributed by atoms with van der Waals surface area (Å²) >= 11 is 0. The fraction of sp³-hybridized carbons (Fsp3) is 0.667. The molecule has 1 aromatic carbocycles. The molecule has 3 unspecified atom stereocenters. The highest BCUT2D eigenvalue weighted by Gasteiger charge is 2.21. The van der Waals surface area contributed by atoms with Crippen molar-refractivity contribution in [3.8, 4) is 5.75 Å². The Morgan fingerprint density at radius 2 is 1.90 bits per heavy atom. The van der Waals surface area contributed by atoms with Gasteiger partial charge in [-0.1, -0.05) is 26.0 Å². The Labute approximate surface area is 129 Å². The fourth-order valence-electron chi connectivity index (χ4n) is 3.19. The molecule has 21 heavy (non-hydrogen) atoms. The van der Waals surface area contributed by atoms with Crippen molar-refractivity contribution in [2.75, 3.05) is 20.9 Å². The summed E-state index contributed by atoms with van der Waals surface area (Å²) in [5, 5.41) is 0. The first-order valence-corrected chi connectivity index (χ1v) is 8.11. The topological polar surface area (TPSA) is 21.7 Å². The standard InChI is InChI=1S/C18H29NO2/c1-5-18(19(3)4)15-7-10-16(11-8-15)20-13-21-17-9-6-14(2)12-17/h7-8,10-11,14,17-18H,5-6,9,12-13H2,1-4H3. The van der Waals surface area contributed by atoms with Gasteiger partial charge in [0, 0.05) is 6.04 Å². The van der Waals surface area contributed by atoms with Gasteiger partial charge in [-0.25, -0.2) is 0 Å². The predicted molar refractivity (Wildman–Crippen MR) is 86.5 cm³/mol. The van der Waals surface area contributed by atoms with Crippen molar-refractivity contribution >= 4 is 0 Å². The van der Waals surface area contributed by atoms with Crippen LogP contribution in [0.1, 0.15) is 51.1 Å². The lowest BCUT2D eigenvalue weighted by molar-refractivity contribution is -0.0338. The van der Waals surface area contributed by atoms with E-state index in [0.29, 0.717) is 18.9 Å². The fourth-order valence-corrected chi connectivity index (χ4v) is 3.19. The Morgan fingerprint density at radius 3 is 2.43 bits per heavy atom. The summed E-state index contributed by atoms with van der Waals surface area (Å²) in [5.74, 6) is 1.68. The van der Waals surface area contributed by atoms with E-state index in [4.69, 9.17) is 9.47 Å². The summed E-state index contributed by atoms with van der Waals surface area (Å²) in [5.41, 5.74) is 1.33. The number of hydrogen-bond acceptors (Lipinski definition) is 3. The van der Waals surface area contributed by atoms with Crippen molar-refractivity contribution in [1.29, 1.82) is 0 Å². The molecule has 1 aromatic rings. The summed E-state index contributed by atoms with van der Waals surface area (Å²) in [7, 11) is 4.24. The Hall–Kier alpha value is -1.06. The van der Waals surface area contributed by atoms with E-state index in [1.807, 2.05) is 12.1 Å². The van der Waals surface area contributed by atoms with Crippen LogP contribution in [0.4, 0.5) is 0 Å². The summed E-state index contributed by atoms with van der Waals surface area (Å²) in [6.07, 6.45) is 5.12.